The van der Waals surface area contributed by atoms with Crippen molar-refractivity contribution in [2.45, 2.75) is 13.1 Å². The SMILES string of the molecule is CCOC(=O)c1nn(-c2cccc(Cl)c2)c(=O)c2c(N(C)C(=O)C(F)(F)F)scc12. The summed E-state index contributed by atoms with van der Waals surface area (Å²) >= 11 is 6.66. The molecular formula is C18H13ClF3N3O4S. The van der Waals surface area contributed by atoms with Crippen LogP contribution >= 0.6 is 22.9 Å². The number of benzene rings is 1. The molecule has 0 aliphatic heterocycles. The number of hydrogen-bond donors (Lipinski definition) is 0. The van der Waals surface area contributed by atoms with E-state index in [1.807, 2.05) is 0 Å². The summed E-state index contributed by atoms with van der Waals surface area (Å²) in [4.78, 5) is 37.6. The average Bonchev–Trinajstić information content (AvgIpc) is 3.12. The van der Waals surface area contributed by atoms with Crippen molar-refractivity contribution in [1.29, 1.82) is 0 Å². The molecule has 0 unspecified atom stereocenters. The summed E-state index contributed by atoms with van der Waals surface area (Å²) in [5.74, 6) is -3.03. The monoisotopic (exact) mass is 459 g/mol. The first-order valence-electron chi connectivity index (χ1n) is 8.38. The molecule has 3 rings (SSSR count). The van der Waals surface area contributed by atoms with Gasteiger partial charge in [-0.1, -0.05) is 17.7 Å². The van der Waals surface area contributed by atoms with Gasteiger partial charge in [-0.2, -0.15) is 23.0 Å². The van der Waals surface area contributed by atoms with E-state index in [9.17, 15) is 27.6 Å². The fourth-order valence-corrected chi connectivity index (χ4v) is 3.90. The van der Waals surface area contributed by atoms with Crippen LogP contribution in [0.2, 0.25) is 5.02 Å². The van der Waals surface area contributed by atoms with E-state index in [0.717, 1.165) is 11.7 Å². The van der Waals surface area contributed by atoms with Gasteiger partial charge >= 0.3 is 18.1 Å². The number of carbonyl (C=O) groups is 2. The molecule has 158 valence electrons. The van der Waals surface area contributed by atoms with E-state index >= 15 is 0 Å². The van der Waals surface area contributed by atoms with Gasteiger partial charge in [-0.25, -0.2) is 4.79 Å². The third-order valence-corrected chi connectivity index (χ3v) is 5.30. The number of amides is 1. The minimum Gasteiger partial charge on any atom is -0.461 e. The molecule has 7 nitrogen and oxygen atoms in total. The molecule has 0 atom stereocenters. The van der Waals surface area contributed by atoms with Crippen LogP contribution in [0.15, 0.2) is 34.4 Å². The van der Waals surface area contributed by atoms with Gasteiger partial charge in [0, 0.05) is 22.8 Å². The van der Waals surface area contributed by atoms with Crippen molar-refractivity contribution in [3.63, 3.8) is 0 Å². The highest BCUT2D eigenvalue weighted by molar-refractivity contribution is 7.16. The summed E-state index contributed by atoms with van der Waals surface area (Å²) in [6.45, 7) is 1.58. The molecule has 12 heteroatoms. The van der Waals surface area contributed by atoms with Crippen molar-refractivity contribution in [3.8, 4) is 5.69 Å². The summed E-state index contributed by atoms with van der Waals surface area (Å²) < 4.78 is 44.6. The molecule has 1 aromatic carbocycles. The van der Waals surface area contributed by atoms with E-state index in [2.05, 4.69) is 5.10 Å². The summed E-state index contributed by atoms with van der Waals surface area (Å²) in [7, 11) is 0.898. The van der Waals surface area contributed by atoms with Crippen molar-refractivity contribution in [3.05, 3.63) is 50.7 Å². The van der Waals surface area contributed by atoms with Crippen molar-refractivity contribution in [2.75, 3.05) is 18.6 Å². The van der Waals surface area contributed by atoms with Crippen LogP contribution in [0.5, 0.6) is 0 Å². The number of thiophene rings is 1. The van der Waals surface area contributed by atoms with Crippen molar-refractivity contribution >= 4 is 50.6 Å². The van der Waals surface area contributed by atoms with Crippen molar-refractivity contribution < 1.29 is 27.5 Å². The van der Waals surface area contributed by atoms with E-state index in [4.69, 9.17) is 16.3 Å². The predicted molar refractivity (Wildman–Crippen MR) is 106 cm³/mol. The Morgan fingerprint density at radius 3 is 2.63 bits per heavy atom. The Bertz CT molecular complexity index is 1210. The third-order valence-electron chi connectivity index (χ3n) is 4.01. The second kappa shape index (κ2) is 8.07. The van der Waals surface area contributed by atoms with E-state index in [0.29, 0.717) is 16.2 Å². The second-order valence-corrected chi connectivity index (χ2v) is 7.25. The molecule has 0 bridgehead atoms. The maximum atomic E-state index is 13.1. The highest BCUT2D eigenvalue weighted by Crippen LogP contribution is 2.35. The van der Waals surface area contributed by atoms with Crippen LogP contribution < -0.4 is 10.5 Å². The minimum absolute atomic E-state index is 0.0152. The van der Waals surface area contributed by atoms with Crippen LogP contribution in [0.1, 0.15) is 17.4 Å². The van der Waals surface area contributed by atoms with Gasteiger partial charge in [0.15, 0.2) is 5.69 Å². The average molecular weight is 460 g/mol. The largest absolute Gasteiger partial charge is 0.471 e. The van der Waals surface area contributed by atoms with Crippen LogP contribution in [0.4, 0.5) is 18.2 Å². The lowest BCUT2D eigenvalue weighted by molar-refractivity contribution is -0.170. The van der Waals surface area contributed by atoms with E-state index in [-0.39, 0.29) is 38.8 Å². The van der Waals surface area contributed by atoms with E-state index in [1.54, 1.807) is 13.0 Å². The number of ether oxygens (including phenoxy) is 1. The number of esters is 1. The number of alkyl halides is 3. The Labute approximate surface area is 176 Å². The maximum absolute atomic E-state index is 13.1. The smallest absolute Gasteiger partial charge is 0.461 e. The van der Waals surface area contributed by atoms with Crippen LogP contribution in [-0.4, -0.2) is 41.5 Å². The molecule has 0 saturated carbocycles. The fourth-order valence-electron chi connectivity index (χ4n) is 2.70. The molecule has 0 fully saturated rings. The molecule has 0 aliphatic carbocycles. The van der Waals surface area contributed by atoms with Gasteiger partial charge in [-0.3, -0.25) is 14.5 Å². The maximum Gasteiger partial charge on any atom is 0.471 e. The Morgan fingerprint density at radius 2 is 2.03 bits per heavy atom. The molecule has 30 heavy (non-hydrogen) atoms. The molecule has 0 radical (unpaired) electrons. The quantitative estimate of drug-likeness (QED) is 0.554. The Kier molecular flexibility index (Phi) is 5.86. The second-order valence-electron chi connectivity index (χ2n) is 5.96. The van der Waals surface area contributed by atoms with Gasteiger partial charge in [0.05, 0.1) is 17.7 Å². The highest BCUT2D eigenvalue weighted by Gasteiger charge is 2.42. The zero-order valence-corrected chi connectivity index (χ0v) is 17.1. The van der Waals surface area contributed by atoms with Crippen LogP contribution in [0, 0.1) is 0 Å². The topological polar surface area (TPSA) is 81.5 Å². The molecule has 0 saturated heterocycles. The first kappa shape index (κ1) is 21.8. The summed E-state index contributed by atoms with van der Waals surface area (Å²) in [6.07, 6.45) is -5.14. The van der Waals surface area contributed by atoms with Crippen LogP contribution in [-0.2, 0) is 9.53 Å². The highest BCUT2D eigenvalue weighted by atomic mass is 35.5. The molecule has 1 amide bonds. The Hall–Kier alpha value is -2.92. The lowest BCUT2D eigenvalue weighted by atomic mass is 10.2. The number of fused-ring (bicyclic) bond motifs is 1. The minimum atomic E-state index is -5.14. The molecule has 2 heterocycles. The first-order valence-corrected chi connectivity index (χ1v) is 9.64. The van der Waals surface area contributed by atoms with Gasteiger partial charge in [0.25, 0.3) is 5.56 Å². The van der Waals surface area contributed by atoms with Gasteiger partial charge < -0.3 is 4.74 Å². The van der Waals surface area contributed by atoms with E-state index in [1.165, 1.54) is 23.6 Å². The molecule has 3 aromatic rings. The van der Waals surface area contributed by atoms with Gasteiger partial charge in [-0.05, 0) is 25.1 Å². The number of aromatic nitrogens is 2. The van der Waals surface area contributed by atoms with Crippen LogP contribution in [0.25, 0.3) is 16.5 Å². The molecule has 0 N–H and O–H groups in total. The van der Waals surface area contributed by atoms with Gasteiger partial charge in [0.1, 0.15) is 5.00 Å². The number of nitrogens with zero attached hydrogens (tertiary/aromatic N) is 3. The third kappa shape index (κ3) is 3.90. The predicted octanol–water partition coefficient (Wildman–Crippen LogP) is 3.80. The van der Waals surface area contributed by atoms with Crippen molar-refractivity contribution in [1.82, 2.24) is 9.78 Å². The zero-order valence-electron chi connectivity index (χ0n) is 15.5. The Balaban J connectivity index is 2.34. The lowest BCUT2D eigenvalue weighted by Crippen LogP contribution is -2.38. The number of anilines is 1. The molecule has 0 aliphatic rings. The number of halogens is 4. The number of carbonyl (C=O) groups excluding carboxylic acids is 2. The van der Waals surface area contributed by atoms with Crippen molar-refractivity contribution in [2.24, 2.45) is 0 Å². The molecule has 2 aromatic heterocycles. The molecule has 0 spiro atoms. The lowest BCUT2D eigenvalue weighted by Gasteiger charge is -2.17. The Morgan fingerprint density at radius 1 is 1.33 bits per heavy atom. The number of rotatable bonds is 4. The van der Waals surface area contributed by atoms with Gasteiger partial charge in [0.2, 0.25) is 0 Å². The summed E-state index contributed by atoms with van der Waals surface area (Å²) in [5, 5.41) is 5.05. The van der Waals surface area contributed by atoms with E-state index < -0.39 is 23.6 Å². The fraction of sp³-hybridized carbons (Fsp3) is 0.222. The number of hydrogen-bond acceptors (Lipinski definition) is 6. The first-order chi connectivity index (χ1) is 14.1. The summed E-state index contributed by atoms with van der Waals surface area (Å²) in [6, 6.07) is 5.96. The van der Waals surface area contributed by atoms with Crippen LogP contribution in [0.3, 0.4) is 0 Å². The molecular weight excluding hydrogens is 447 g/mol. The summed E-state index contributed by atoms with van der Waals surface area (Å²) in [5.41, 5.74) is -0.915. The van der Waals surface area contributed by atoms with Gasteiger partial charge in [-0.15, -0.1) is 11.3 Å². The zero-order chi connectivity index (χ0) is 22.2. The standard InChI is InChI=1S/C18H13ClF3N3O4S/c1-3-29-16(27)13-11-8-30-15(24(2)17(28)18(20,21)22)12(11)14(26)25(23-13)10-6-4-5-9(19)7-10/h4-8H,3H2,1-2H3. The normalized spacial score (nSPS) is 11.5.